The fourth-order valence-corrected chi connectivity index (χ4v) is 2.25. The Kier molecular flexibility index (Phi) is 3.52. The van der Waals surface area contributed by atoms with Crippen molar-refractivity contribution in [2.24, 2.45) is 5.73 Å². The molecule has 76 valence electrons. The molecule has 0 unspecified atom stereocenters. The Labute approximate surface area is 97.5 Å². The minimum absolute atomic E-state index is 0.350. The van der Waals surface area contributed by atoms with Crippen LogP contribution in [0.1, 0.15) is 11.6 Å². The van der Waals surface area contributed by atoms with Gasteiger partial charge in [-0.25, -0.2) is 0 Å². The highest BCUT2D eigenvalue weighted by Crippen LogP contribution is 2.31. The van der Waals surface area contributed by atoms with E-state index in [1.807, 2.05) is 0 Å². The van der Waals surface area contributed by atoms with Crippen molar-refractivity contribution in [1.29, 1.82) is 0 Å². The van der Waals surface area contributed by atoms with E-state index in [0.717, 1.165) is 4.47 Å². The number of hydrogen-bond acceptors (Lipinski definition) is 3. The SMILES string of the molecule is Nc1c(Br)cc(Br)cc1[C@@H](N)C(=O)O. The Morgan fingerprint density at radius 2 is 2.00 bits per heavy atom. The van der Waals surface area contributed by atoms with Crippen LogP contribution in [0, 0.1) is 0 Å². The lowest BCUT2D eigenvalue weighted by Gasteiger charge is -2.11. The summed E-state index contributed by atoms with van der Waals surface area (Å²) in [4.78, 5) is 10.7. The van der Waals surface area contributed by atoms with E-state index in [1.165, 1.54) is 0 Å². The zero-order chi connectivity index (χ0) is 10.9. The fourth-order valence-electron chi connectivity index (χ4n) is 0.995. The van der Waals surface area contributed by atoms with Gasteiger partial charge in [-0.15, -0.1) is 0 Å². The first kappa shape index (κ1) is 11.5. The van der Waals surface area contributed by atoms with Crippen molar-refractivity contribution in [3.8, 4) is 0 Å². The molecule has 1 rings (SSSR count). The third-order valence-corrected chi connectivity index (χ3v) is 2.84. The maximum absolute atomic E-state index is 10.7. The Hall–Kier alpha value is -0.590. The van der Waals surface area contributed by atoms with Crippen molar-refractivity contribution in [2.75, 3.05) is 5.73 Å². The van der Waals surface area contributed by atoms with Gasteiger partial charge in [-0.3, -0.25) is 4.79 Å². The predicted molar refractivity (Wildman–Crippen MR) is 60.8 cm³/mol. The highest BCUT2D eigenvalue weighted by Gasteiger charge is 2.18. The van der Waals surface area contributed by atoms with Gasteiger partial charge in [-0.2, -0.15) is 0 Å². The molecule has 0 spiro atoms. The van der Waals surface area contributed by atoms with Crippen molar-refractivity contribution < 1.29 is 9.90 Å². The lowest BCUT2D eigenvalue weighted by Crippen LogP contribution is -2.22. The van der Waals surface area contributed by atoms with Crippen LogP contribution in [0.15, 0.2) is 21.1 Å². The van der Waals surface area contributed by atoms with Gasteiger partial charge in [-0.05, 0) is 28.1 Å². The zero-order valence-corrected chi connectivity index (χ0v) is 10.2. The molecule has 0 saturated carbocycles. The minimum atomic E-state index is -1.11. The molecule has 1 aromatic carbocycles. The summed E-state index contributed by atoms with van der Waals surface area (Å²) in [6.07, 6.45) is 0. The molecule has 4 nitrogen and oxygen atoms in total. The van der Waals surface area contributed by atoms with Crippen LogP contribution in [0.5, 0.6) is 0 Å². The highest BCUT2D eigenvalue weighted by atomic mass is 79.9. The lowest BCUT2D eigenvalue weighted by atomic mass is 10.1. The third-order valence-electron chi connectivity index (χ3n) is 1.73. The van der Waals surface area contributed by atoms with Crippen molar-refractivity contribution in [1.82, 2.24) is 0 Å². The average Bonchev–Trinajstić information content (AvgIpc) is 2.09. The summed E-state index contributed by atoms with van der Waals surface area (Å²) in [7, 11) is 0. The lowest BCUT2D eigenvalue weighted by molar-refractivity contribution is -0.138. The number of nitrogens with two attached hydrogens (primary N) is 2. The number of nitrogen functional groups attached to an aromatic ring is 1. The Balaban J connectivity index is 3.26. The number of rotatable bonds is 2. The van der Waals surface area contributed by atoms with E-state index >= 15 is 0 Å². The molecule has 14 heavy (non-hydrogen) atoms. The zero-order valence-electron chi connectivity index (χ0n) is 7.00. The monoisotopic (exact) mass is 322 g/mol. The van der Waals surface area contributed by atoms with E-state index in [4.69, 9.17) is 16.6 Å². The molecule has 5 N–H and O–H groups in total. The van der Waals surface area contributed by atoms with Gasteiger partial charge in [0.25, 0.3) is 0 Å². The van der Waals surface area contributed by atoms with Crippen molar-refractivity contribution in [3.63, 3.8) is 0 Å². The second-order valence-electron chi connectivity index (χ2n) is 2.71. The van der Waals surface area contributed by atoms with Crippen LogP contribution in [0.4, 0.5) is 5.69 Å². The van der Waals surface area contributed by atoms with Crippen LogP contribution in [0.2, 0.25) is 0 Å². The summed E-state index contributed by atoms with van der Waals surface area (Å²) >= 11 is 6.44. The second-order valence-corrected chi connectivity index (χ2v) is 4.48. The molecular formula is C8H8Br2N2O2. The van der Waals surface area contributed by atoms with E-state index in [9.17, 15) is 4.79 Å². The van der Waals surface area contributed by atoms with Crippen LogP contribution in [-0.2, 0) is 4.79 Å². The molecular weight excluding hydrogens is 316 g/mol. The van der Waals surface area contributed by atoms with Gasteiger partial charge in [0.15, 0.2) is 0 Å². The number of carbonyl (C=O) groups is 1. The van der Waals surface area contributed by atoms with Crippen molar-refractivity contribution >= 4 is 43.5 Å². The maximum Gasteiger partial charge on any atom is 0.325 e. The number of hydrogen-bond donors (Lipinski definition) is 3. The van der Waals surface area contributed by atoms with E-state index in [2.05, 4.69) is 31.9 Å². The summed E-state index contributed by atoms with van der Waals surface area (Å²) in [6.45, 7) is 0. The molecule has 0 aliphatic rings. The average molecular weight is 324 g/mol. The van der Waals surface area contributed by atoms with Crippen LogP contribution in [0.25, 0.3) is 0 Å². The predicted octanol–water partition coefficient (Wildman–Crippen LogP) is 1.88. The van der Waals surface area contributed by atoms with Crippen LogP contribution >= 0.6 is 31.9 Å². The van der Waals surface area contributed by atoms with Gasteiger partial charge in [0.2, 0.25) is 0 Å². The quantitative estimate of drug-likeness (QED) is 0.725. The summed E-state index contributed by atoms with van der Waals surface area (Å²) in [5, 5.41) is 8.73. The van der Waals surface area contributed by atoms with E-state index in [1.54, 1.807) is 12.1 Å². The molecule has 0 fully saturated rings. The van der Waals surface area contributed by atoms with Crippen LogP contribution in [-0.4, -0.2) is 11.1 Å². The van der Waals surface area contributed by atoms with Gasteiger partial charge in [0, 0.05) is 14.5 Å². The van der Waals surface area contributed by atoms with Crippen molar-refractivity contribution in [2.45, 2.75) is 6.04 Å². The van der Waals surface area contributed by atoms with Crippen LogP contribution < -0.4 is 11.5 Å². The minimum Gasteiger partial charge on any atom is -0.480 e. The van der Waals surface area contributed by atoms with E-state index < -0.39 is 12.0 Å². The number of carboxylic acid groups (broad SMARTS) is 1. The third kappa shape index (κ3) is 2.26. The molecule has 0 heterocycles. The summed E-state index contributed by atoms with van der Waals surface area (Å²) in [6, 6.07) is 2.22. The van der Waals surface area contributed by atoms with E-state index in [0.29, 0.717) is 15.7 Å². The Morgan fingerprint density at radius 1 is 1.43 bits per heavy atom. The first-order valence-corrected chi connectivity index (χ1v) is 5.25. The summed E-state index contributed by atoms with van der Waals surface area (Å²) in [5.41, 5.74) is 11.9. The summed E-state index contributed by atoms with van der Waals surface area (Å²) < 4.78 is 1.35. The van der Waals surface area contributed by atoms with Gasteiger partial charge < -0.3 is 16.6 Å². The Morgan fingerprint density at radius 3 is 2.50 bits per heavy atom. The number of aliphatic carboxylic acids is 1. The fraction of sp³-hybridized carbons (Fsp3) is 0.125. The molecule has 0 radical (unpaired) electrons. The summed E-state index contributed by atoms with van der Waals surface area (Å²) in [5.74, 6) is -1.11. The Bertz CT molecular complexity index is 382. The number of anilines is 1. The molecule has 0 bridgehead atoms. The standard InChI is InChI=1S/C8H8Br2N2O2/c9-3-1-4(7(12)8(13)14)6(11)5(10)2-3/h1-2,7H,11-12H2,(H,13,14)/t7-/m1/s1. The molecule has 0 aliphatic heterocycles. The molecule has 0 amide bonds. The number of carboxylic acids is 1. The van der Waals surface area contributed by atoms with Gasteiger partial charge in [0.1, 0.15) is 6.04 Å². The van der Waals surface area contributed by atoms with Crippen LogP contribution in [0.3, 0.4) is 0 Å². The first-order valence-electron chi connectivity index (χ1n) is 3.66. The van der Waals surface area contributed by atoms with Crippen molar-refractivity contribution in [3.05, 3.63) is 26.6 Å². The molecule has 0 aromatic heterocycles. The second kappa shape index (κ2) is 4.29. The number of halogens is 2. The normalized spacial score (nSPS) is 12.5. The molecule has 0 saturated heterocycles. The highest BCUT2D eigenvalue weighted by molar-refractivity contribution is 9.11. The topological polar surface area (TPSA) is 89.3 Å². The maximum atomic E-state index is 10.7. The smallest absolute Gasteiger partial charge is 0.325 e. The molecule has 0 aliphatic carbocycles. The molecule has 1 aromatic rings. The molecule has 1 atom stereocenters. The van der Waals surface area contributed by atoms with Gasteiger partial charge >= 0.3 is 5.97 Å². The molecule has 6 heteroatoms. The number of benzene rings is 1. The van der Waals surface area contributed by atoms with E-state index in [-0.39, 0.29) is 0 Å². The van der Waals surface area contributed by atoms with Gasteiger partial charge in [0.05, 0.1) is 5.69 Å². The largest absolute Gasteiger partial charge is 0.480 e. The first-order chi connectivity index (χ1) is 6.43. The van der Waals surface area contributed by atoms with Gasteiger partial charge in [-0.1, -0.05) is 15.9 Å².